The molecule has 0 spiro atoms. The Hall–Kier alpha value is -3.30. The summed E-state index contributed by atoms with van der Waals surface area (Å²) in [6.07, 6.45) is 42.2. The molecule has 4 N–H and O–H groups in total. The summed E-state index contributed by atoms with van der Waals surface area (Å²) in [6.45, 7) is 21.7. The minimum atomic E-state index is -0.469. The number of nitrogens with one attached hydrogen (secondary N) is 1. The van der Waals surface area contributed by atoms with Gasteiger partial charge in [-0.1, -0.05) is 90.1 Å². The summed E-state index contributed by atoms with van der Waals surface area (Å²) in [4.78, 5) is 38.9. The summed E-state index contributed by atoms with van der Waals surface area (Å²) in [5.41, 5.74) is 0.342. The molecule has 3 heterocycles. The fraction of sp³-hybridized carbons (Fsp3) is 0.880. The summed E-state index contributed by atoms with van der Waals surface area (Å²) >= 11 is 3.43. The Labute approximate surface area is 557 Å². The zero-order valence-corrected chi connectivity index (χ0v) is 56.9. The van der Waals surface area contributed by atoms with Gasteiger partial charge >= 0.3 is 12.4 Å². The number of nitrogens with zero attached hydrogens (tertiary/aromatic N) is 8. The lowest BCUT2D eigenvalue weighted by molar-refractivity contribution is -0.151. The Morgan fingerprint density at radius 2 is 0.846 bits per heavy atom. The molecule has 0 aromatic carbocycles. The SMILES string of the molecule is C.C.C.C[C@@]1(O)CC[C@@]2(C)[C@H](CC[C@@H]3[C@@H]2CC[C@]2(C)[C@@H](C(=O)CBr)CC[C@@H]32)C1.C[C@@]1(O)CC[C@@]2(C)[C@H](CC[C@@H]3[C@@H]2CC[C@]2(C)[C@@H](C(=O)CN4N=[C+]C=N4)CC[C@@H]32)C1.C[C@@]1(O)CC[C@@]2(C)[C@H](CC[C@@H]3[C@@H]2CC[C@]2(C)[C@@H](C(=O)Cn4ccnn4)CC[C@@H]32)C1.c1cn[nH]n1. The molecule has 1 aliphatic heterocycles. The molecule has 15 nitrogen and oxygen atoms in total. The average Bonchev–Trinajstić information content (AvgIpc) is 1.72. The Morgan fingerprint density at radius 1 is 0.473 bits per heavy atom. The molecule has 24 atom stereocenters. The van der Waals surface area contributed by atoms with Gasteiger partial charge in [-0.15, -0.1) is 10.2 Å². The first-order valence-electron chi connectivity index (χ1n) is 35.4. The van der Waals surface area contributed by atoms with Crippen LogP contribution in [0.25, 0.3) is 0 Å². The summed E-state index contributed by atoms with van der Waals surface area (Å²) in [7, 11) is 0. The van der Waals surface area contributed by atoms with E-state index in [9.17, 15) is 29.7 Å². The standard InChI is InChI=1S/C24H37N3O2.C24H36N3O2.C22H35BrO2.C2H3N3.3CH4/c1-22(29)10-11-23(2)16(14-22)4-5-17-18-6-7-20(24(18,3)9-8-19(17)23)21(28)15-27-13-12-25-26-27;1-22(29)10-11-23(2)16(14-22)4-5-17-18-6-7-20(24(18,3)9-8-19(17)23)21(28)15-27-25-12-13-26-27;1-20(25)10-11-21(2)14(12-20)4-5-15-16-6-7-18(19(24)13-23)22(16,3)9-8-17(15)21;1-2-4-5-3-1;;;/h12-13,16-20,29H,4-11,14-15H2,1-3H3;12,16-20,29H,4-11,14-15H2,1-3H3;14-18,25H,4-13H2,1-3H3;1-2H,(H,3,4,5);3*1H4/q;+1;;;;;/t2*16-,17+,18+,19+,20-,22-,23+,24+;14-,15+,16+,17+,18-,20-,21+,22+;;;;/m111..../s1. The van der Waals surface area contributed by atoms with E-state index < -0.39 is 16.8 Å². The highest BCUT2D eigenvalue weighted by molar-refractivity contribution is 9.09. The van der Waals surface area contributed by atoms with Gasteiger partial charge in [-0.05, 0) is 298 Å². The van der Waals surface area contributed by atoms with Crippen LogP contribution in [-0.2, 0) is 20.9 Å². The lowest BCUT2D eigenvalue weighted by Crippen LogP contribution is -2.55. The molecule has 15 rings (SSSR count). The highest BCUT2D eigenvalue weighted by atomic mass is 79.9. The van der Waals surface area contributed by atoms with Crippen LogP contribution in [-0.4, -0.2) is 109 Å². The van der Waals surface area contributed by atoms with Crippen LogP contribution >= 0.6 is 15.9 Å². The molecule has 0 saturated heterocycles. The molecule has 0 bridgehead atoms. The monoisotopic (exact) mass is 1320 g/mol. The third-order valence-corrected chi connectivity index (χ3v) is 30.6. The molecule has 0 unspecified atom stereocenters. The predicted octanol–water partition coefficient (Wildman–Crippen LogP) is 15.5. The molecule has 13 aliphatic rings. The molecule has 2 aromatic heterocycles. The first kappa shape index (κ1) is 72.0. The number of rotatable bonds is 8. The molecule has 12 fully saturated rings. The summed E-state index contributed by atoms with van der Waals surface area (Å²) in [6, 6.07) is 0. The maximum absolute atomic E-state index is 13.2. The van der Waals surface area contributed by atoms with Crippen molar-refractivity contribution < 1.29 is 29.7 Å². The number of hydrogen-bond donors (Lipinski definition) is 4. The number of alkyl halides is 1. The third kappa shape index (κ3) is 13.1. The molecule has 0 radical (unpaired) electrons. The van der Waals surface area contributed by atoms with Crippen molar-refractivity contribution in [3.8, 4) is 0 Å². The van der Waals surface area contributed by atoms with E-state index in [-0.39, 0.29) is 56.3 Å². The summed E-state index contributed by atoms with van der Waals surface area (Å²) in [5.74, 6) is 10.6. The molecule has 0 amide bonds. The minimum absolute atomic E-state index is 0. The largest absolute Gasteiger partial charge is 0.445 e. The molecule has 16 heteroatoms. The number of halogens is 1. The number of hydrogen-bond acceptors (Lipinski definition) is 13. The minimum Gasteiger partial charge on any atom is -0.390 e. The highest BCUT2D eigenvalue weighted by Gasteiger charge is 2.65. The number of hydrazone groups is 2. The van der Waals surface area contributed by atoms with Crippen LogP contribution in [0.2, 0.25) is 0 Å². The van der Waals surface area contributed by atoms with Crippen molar-refractivity contribution in [3.05, 3.63) is 24.8 Å². The van der Waals surface area contributed by atoms with Crippen molar-refractivity contribution in [2.45, 2.75) is 281 Å². The topological polar surface area (TPSA) is 212 Å². The Bertz CT molecular complexity index is 2830. The van der Waals surface area contributed by atoms with Gasteiger partial charge in [0, 0.05) is 24.0 Å². The molecule has 12 aliphatic carbocycles. The molecule has 2 aromatic rings. The van der Waals surface area contributed by atoms with E-state index in [1.807, 2.05) is 20.8 Å². The number of aromatic amines is 1. The van der Waals surface area contributed by atoms with Gasteiger partial charge in [0.05, 0.1) is 40.7 Å². The van der Waals surface area contributed by atoms with Gasteiger partial charge in [-0.2, -0.15) is 15.4 Å². The van der Waals surface area contributed by atoms with Gasteiger partial charge in [-0.25, -0.2) is 4.68 Å². The van der Waals surface area contributed by atoms with E-state index in [0.717, 1.165) is 99.2 Å². The van der Waals surface area contributed by atoms with Crippen LogP contribution < -0.4 is 0 Å². The van der Waals surface area contributed by atoms with Gasteiger partial charge in [0.25, 0.3) is 0 Å². The van der Waals surface area contributed by atoms with Crippen LogP contribution in [0.5, 0.6) is 0 Å². The second-order valence-electron chi connectivity index (χ2n) is 34.4. The lowest BCUT2D eigenvalue weighted by Gasteiger charge is -2.61. The molecule has 91 heavy (non-hydrogen) atoms. The molecule has 12 saturated carbocycles. The lowest BCUT2D eigenvalue weighted by atomic mass is 9.44. The van der Waals surface area contributed by atoms with Gasteiger partial charge in [0.2, 0.25) is 0 Å². The average molecular weight is 1330 g/mol. The van der Waals surface area contributed by atoms with Crippen molar-refractivity contribution in [2.75, 3.05) is 11.9 Å². The number of fused-ring (bicyclic) bond motifs is 15. The number of aromatic nitrogens is 6. The van der Waals surface area contributed by atoms with Crippen LogP contribution in [0.3, 0.4) is 0 Å². The third-order valence-electron chi connectivity index (χ3n) is 30.0. The quantitative estimate of drug-likeness (QED) is 0.144. The zero-order valence-electron chi connectivity index (χ0n) is 55.3. The maximum atomic E-state index is 13.2. The fourth-order valence-corrected chi connectivity index (χ4v) is 25.7. The van der Waals surface area contributed by atoms with E-state index in [1.165, 1.54) is 127 Å². The van der Waals surface area contributed by atoms with Crippen LogP contribution in [0.15, 0.2) is 35.0 Å². The van der Waals surface area contributed by atoms with Crippen LogP contribution in [0.1, 0.15) is 258 Å². The summed E-state index contributed by atoms with van der Waals surface area (Å²) < 4.78 is 1.69. The number of Topliss-reactive ketones (excluding diaryl/α,β-unsaturated/α-hetero) is 3. The van der Waals surface area contributed by atoms with E-state index in [2.05, 4.69) is 99.6 Å². The van der Waals surface area contributed by atoms with Gasteiger partial charge < -0.3 is 15.3 Å². The maximum Gasteiger partial charge on any atom is 0.445 e. The first-order chi connectivity index (χ1) is 41.7. The molecular weight excluding hydrogens is 1200 g/mol. The van der Waals surface area contributed by atoms with Crippen molar-refractivity contribution in [2.24, 2.45) is 131 Å². The van der Waals surface area contributed by atoms with Crippen LogP contribution in [0.4, 0.5) is 0 Å². The second kappa shape index (κ2) is 27.0. The van der Waals surface area contributed by atoms with Crippen molar-refractivity contribution in [1.82, 2.24) is 35.5 Å². The Balaban J connectivity index is 0.000000153. The van der Waals surface area contributed by atoms with Gasteiger partial charge in [-0.3, -0.25) is 14.4 Å². The predicted molar refractivity (Wildman–Crippen MR) is 366 cm³/mol. The van der Waals surface area contributed by atoms with E-state index in [4.69, 9.17) is 0 Å². The number of aliphatic hydroxyl groups is 3. The van der Waals surface area contributed by atoms with E-state index >= 15 is 0 Å². The Morgan fingerprint density at radius 3 is 1.18 bits per heavy atom. The normalized spacial score (nSPS) is 47.4. The zero-order chi connectivity index (χ0) is 62.5. The van der Waals surface area contributed by atoms with E-state index in [1.54, 1.807) is 29.5 Å². The number of H-pyrrole nitrogens is 1. The first-order valence-corrected chi connectivity index (χ1v) is 36.5. The van der Waals surface area contributed by atoms with Gasteiger partial charge in [0.1, 0.15) is 24.0 Å². The number of ketones is 3. The number of carbonyl (C=O) groups excluding carboxylic acids is 3. The van der Waals surface area contributed by atoms with E-state index in [0.29, 0.717) is 81.6 Å². The smallest absolute Gasteiger partial charge is 0.390 e. The van der Waals surface area contributed by atoms with Crippen molar-refractivity contribution >= 4 is 45.7 Å². The summed E-state index contributed by atoms with van der Waals surface area (Å²) in [5, 5.41) is 59.3. The van der Waals surface area contributed by atoms with Gasteiger partial charge in [0.15, 0.2) is 11.6 Å². The van der Waals surface area contributed by atoms with Crippen molar-refractivity contribution in [1.29, 1.82) is 0 Å². The second-order valence-corrected chi connectivity index (χ2v) is 35.0. The molecule has 510 valence electrons. The fourth-order valence-electron chi connectivity index (χ4n) is 25.3. The molecular formula is C75H123BrN9O6+. The highest BCUT2D eigenvalue weighted by Crippen LogP contribution is 2.72. The van der Waals surface area contributed by atoms with Crippen LogP contribution in [0, 0.1) is 121 Å². The Kier molecular flexibility index (Phi) is 21.3. The number of carbonyl (C=O) groups is 3. The van der Waals surface area contributed by atoms with Crippen molar-refractivity contribution in [3.63, 3.8) is 0 Å².